The fourth-order valence-electron chi connectivity index (χ4n) is 2.03. The van der Waals surface area contributed by atoms with Crippen molar-refractivity contribution in [2.45, 2.75) is 39.3 Å². The number of rotatable bonds is 4. The first-order valence-electron chi connectivity index (χ1n) is 6.22. The van der Waals surface area contributed by atoms with E-state index in [1.165, 1.54) is 0 Å². The first kappa shape index (κ1) is 13.5. The van der Waals surface area contributed by atoms with Crippen LogP contribution in [0, 0.1) is 0 Å². The first-order chi connectivity index (χ1) is 7.67. The van der Waals surface area contributed by atoms with Gasteiger partial charge in [0.25, 0.3) is 0 Å². The van der Waals surface area contributed by atoms with Gasteiger partial charge in [0.2, 0.25) is 0 Å². The Labute approximate surface area is 99.1 Å². The Bertz CT molecular complexity index is 224. The summed E-state index contributed by atoms with van der Waals surface area (Å²) >= 11 is 0. The fourth-order valence-corrected chi connectivity index (χ4v) is 2.03. The molecule has 0 saturated carbocycles. The van der Waals surface area contributed by atoms with E-state index < -0.39 is 0 Å². The molecule has 1 heterocycles. The predicted molar refractivity (Wildman–Crippen MR) is 68.1 cm³/mol. The average molecular weight is 227 g/mol. The molecule has 1 aliphatic rings. The molecule has 16 heavy (non-hydrogen) atoms. The van der Waals surface area contributed by atoms with E-state index in [4.69, 9.17) is 4.74 Å². The molecule has 0 radical (unpaired) electrons. The lowest BCUT2D eigenvalue weighted by Crippen LogP contribution is -2.52. The molecule has 0 spiro atoms. The maximum Gasteiger partial charge on any atom is 0.182 e. The normalized spacial score (nSPS) is 25.5. The number of hydrogen-bond acceptors (Lipinski definition) is 4. The maximum absolute atomic E-state index is 5.18. The lowest BCUT2D eigenvalue weighted by molar-refractivity contribution is 0.161. The predicted octanol–water partition coefficient (Wildman–Crippen LogP) is 1.12. The molecule has 0 amide bonds. The molecule has 2 unspecified atom stereocenters. The molecule has 1 aliphatic heterocycles. The molecule has 0 bridgehead atoms. The Hall–Kier alpha value is -0.610. The van der Waals surface area contributed by atoms with Crippen LogP contribution in [0.5, 0.6) is 0 Å². The third-order valence-electron chi connectivity index (χ3n) is 3.09. The summed E-state index contributed by atoms with van der Waals surface area (Å²) in [5.41, 5.74) is 0. The Balaban J connectivity index is 2.39. The molecule has 1 fully saturated rings. The SMILES string of the molecule is CCC(=NCC(C)N1CCNC(C)C1)OC. The van der Waals surface area contributed by atoms with Gasteiger partial charge < -0.3 is 10.1 Å². The number of hydrogen-bond donors (Lipinski definition) is 1. The van der Waals surface area contributed by atoms with Crippen LogP contribution in [0.25, 0.3) is 0 Å². The van der Waals surface area contributed by atoms with E-state index in [1.807, 2.05) is 0 Å². The van der Waals surface area contributed by atoms with Crippen molar-refractivity contribution in [2.24, 2.45) is 4.99 Å². The highest BCUT2D eigenvalue weighted by atomic mass is 16.5. The van der Waals surface area contributed by atoms with E-state index in [9.17, 15) is 0 Å². The van der Waals surface area contributed by atoms with Crippen LogP contribution in [0.3, 0.4) is 0 Å². The zero-order valence-electron chi connectivity index (χ0n) is 11.0. The molecule has 1 saturated heterocycles. The van der Waals surface area contributed by atoms with Crippen LogP contribution in [0.15, 0.2) is 4.99 Å². The number of nitrogens with zero attached hydrogens (tertiary/aromatic N) is 2. The van der Waals surface area contributed by atoms with Crippen molar-refractivity contribution < 1.29 is 4.74 Å². The maximum atomic E-state index is 5.18. The summed E-state index contributed by atoms with van der Waals surface area (Å²) in [4.78, 5) is 6.99. The van der Waals surface area contributed by atoms with Crippen LogP contribution >= 0.6 is 0 Å². The van der Waals surface area contributed by atoms with Crippen molar-refractivity contribution in [3.8, 4) is 0 Å². The quantitative estimate of drug-likeness (QED) is 0.578. The van der Waals surface area contributed by atoms with Gasteiger partial charge in [-0.05, 0) is 13.8 Å². The zero-order chi connectivity index (χ0) is 12.0. The standard InChI is InChI=1S/C12H25N3O/c1-5-12(16-4)14-8-11(3)15-7-6-13-10(2)9-15/h10-11,13H,5-9H2,1-4H3. The smallest absolute Gasteiger partial charge is 0.182 e. The van der Waals surface area contributed by atoms with Gasteiger partial charge >= 0.3 is 0 Å². The van der Waals surface area contributed by atoms with Crippen molar-refractivity contribution in [3.05, 3.63) is 0 Å². The average Bonchev–Trinajstić information content (AvgIpc) is 2.30. The molecule has 2 atom stereocenters. The van der Waals surface area contributed by atoms with Gasteiger partial charge in [-0.2, -0.15) is 0 Å². The summed E-state index contributed by atoms with van der Waals surface area (Å²) in [6, 6.07) is 1.09. The van der Waals surface area contributed by atoms with E-state index in [1.54, 1.807) is 7.11 Å². The lowest BCUT2D eigenvalue weighted by atomic mass is 10.2. The van der Waals surface area contributed by atoms with Gasteiger partial charge in [0, 0.05) is 38.1 Å². The van der Waals surface area contributed by atoms with Crippen molar-refractivity contribution in [2.75, 3.05) is 33.3 Å². The first-order valence-corrected chi connectivity index (χ1v) is 6.22. The highest BCUT2D eigenvalue weighted by Gasteiger charge is 2.19. The van der Waals surface area contributed by atoms with Crippen LogP contribution in [0.2, 0.25) is 0 Å². The van der Waals surface area contributed by atoms with E-state index in [-0.39, 0.29) is 0 Å². The van der Waals surface area contributed by atoms with Crippen LogP contribution in [0.1, 0.15) is 27.2 Å². The Morgan fingerprint density at radius 3 is 2.94 bits per heavy atom. The minimum atomic E-state index is 0.501. The molecule has 4 heteroatoms. The van der Waals surface area contributed by atoms with Gasteiger partial charge in [-0.1, -0.05) is 6.92 Å². The van der Waals surface area contributed by atoms with Crippen LogP contribution in [0.4, 0.5) is 0 Å². The van der Waals surface area contributed by atoms with E-state index in [0.717, 1.165) is 38.5 Å². The van der Waals surface area contributed by atoms with Crippen LogP contribution in [-0.4, -0.2) is 56.2 Å². The summed E-state index contributed by atoms with van der Waals surface area (Å²) < 4.78 is 5.18. The monoisotopic (exact) mass is 227 g/mol. The van der Waals surface area contributed by atoms with E-state index in [0.29, 0.717) is 12.1 Å². The summed E-state index contributed by atoms with van der Waals surface area (Å²) in [5.74, 6) is 0.857. The largest absolute Gasteiger partial charge is 0.484 e. The van der Waals surface area contributed by atoms with Gasteiger partial charge in [-0.25, -0.2) is 0 Å². The molecule has 0 aromatic rings. The van der Waals surface area contributed by atoms with Gasteiger partial charge in [-0.3, -0.25) is 9.89 Å². The molecule has 4 nitrogen and oxygen atoms in total. The minimum absolute atomic E-state index is 0.501. The lowest BCUT2D eigenvalue weighted by Gasteiger charge is -2.35. The second-order valence-electron chi connectivity index (χ2n) is 4.49. The fraction of sp³-hybridized carbons (Fsp3) is 0.917. The minimum Gasteiger partial charge on any atom is -0.484 e. The number of piperazine rings is 1. The third-order valence-corrected chi connectivity index (χ3v) is 3.09. The summed E-state index contributed by atoms with van der Waals surface area (Å²) in [5, 5.41) is 3.45. The zero-order valence-corrected chi connectivity index (χ0v) is 11.0. The summed E-state index contributed by atoms with van der Waals surface area (Å²) in [6.45, 7) is 10.7. The highest BCUT2D eigenvalue weighted by Crippen LogP contribution is 2.05. The number of nitrogens with one attached hydrogen (secondary N) is 1. The highest BCUT2D eigenvalue weighted by molar-refractivity contribution is 5.75. The van der Waals surface area contributed by atoms with Crippen molar-refractivity contribution in [1.82, 2.24) is 10.2 Å². The molecule has 0 aliphatic carbocycles. The Morgan fingerprint density at radius 1 is 1.62 bits per heavy atom. The molecule has 94 valence electrons. The third kappa shape index (κ3) is 4.10. The number of ether oxygens (including phenoxy) is 1. The van der Waals surface area contributed by atoms with Crippen LogP contribution < -0.4 is 5.32 Å². The van der Waals surface area contributed by atoms with Gasteiger partial charge in [0.15, 0.2) is 5.90 Å². The van der Waals surface area contributed by atoms with Crippen molar-refractivity contribution >= 4 is 5.90 Å². The molecule has 0 aromatic heterocycles. The van der Waals surface area contributed by atoms with Gasteiger partial charge in [0.1, 0.15) is 0 Å². The summed E-state index contributed by atoms with van der Waals surface area (Å²) in [7, 11) is 1.69. The molecular weight excluding hydrogens is 202 g/mol. The summed E-state index contributed by atoms with van der Waals surface area (Å²) in [6.07, 6.45) is 0.876. The van der Waals surface area contributed by atoms with Gasteiger partial charge in [-0.15, -0.1) is 0 Å². The van der Waals surface area contributed by atoms with Gasteiger partial charge in [0.05, 0.1) is 13.7 Å². The molecule has 0 aromatic carbocycles. The molecule has 1 N–H and O–H groups in total. The Morgan fingerprint density at radius 2 is 2.38 bits per heavy atom. The topological polar surface area (TPSA) is 36.9 Å². The van der Waals surface area contributed by atoms with Crippen LogP contribution in [-0.2, 0) is 4.74 Å². The van der Waals surface area contributed by atoms with Crippen molar-refractivity contribution in [1.29, 1.82) is 0 Å². The molecule has 1 rings (SSSR count). The second kappa shape index (κ2) is 6.86. The number of aliphatic imine (C=N–C) groups is 1. The van der Waals surface area contributed by atoms with Crippen molar-refractivity contribution in [3.63, 3.8) is 0 Å². The molecular formula is C12H25N3O. The Kier molecular flexibility index (Phi) is 5.77. The second-order valence-corrected chi connectivity index (χ2v) is 4.49. The van der Waals surface area contributed by atoms with E-state index >= 15 is 0 Å². The number of methoxy groups -OCH3 is 1. The van der Waals surface area contributed by atoms with E-state index in [2.05, 4.69) is 36.0 Å².